The van der Waals surface area contributed by atoms with Crippen molar-refractivity contribution in [1.82, 2.24) is 4.90 Å². The van der Waals surface area contributed by atoms with Crippen LogP contribution in [0.4, 0.5) is 0 Å². The Morgan fingerprint density at radius 3 is 2.90 bits per heavy atom. The van der Waals surface area contributed by atoms with Crippen LogP contribution in [0, 0.1) is 0 Å². The first-order valence-electron chi connectivity index (χ1n) is 3.32. The van der Waals surface area contributed by atoms with Crippen LogP contribution in [0.5, 0.6) is 0 Å². The highest BCUT2D eigenvalue weighted by Gasteiger charge is 2.06. The molecule has 1 aliphatic heterocycles. The summed E-state index contributed by atoms with van der Waals surface area (Å²) in [5.41, 5.74) is 5.64. The highest BCUT2D eigenvalue weighted by atomic mass is 16.3. The largest absolute Gasteiger partial charge is 0.395 e. The maximum Gasteiger partial charge on any atom is 0.0960 e. The van der Waals surface area contributed by atoms with Gasteiger partial charge in [-0.15, -0.1) is 0 Å². The van der Waals surface area contributed by atoms with E-state index in [0.29, 0.717) is 6.54 Å². The van der Waals surface area contributed by atoms with Crippen molar-refractivity contribution in [1.29, 1.82) is 0 Å². The normalized spacial score (nSPS) is 23.8. The molecule has 56 valence electrons. The molecule has 0 saturated carbocycles. The molecule has 1 heterocycles. The zero-order valence-electron chi connectivity index (χ0n) is 5.77. The van der Waals surface area contributed by atoms with Gasteiger partial charge in [-0.1, -0.05) is 6.08 Å². The fourth-order valence-electron chi connectivity index (χ4n) is 0.887. The molecule has 3 heteroatoms. The molecule has 1 unspecified atom stereocenters. The van der Waals surface area contributed by atoms with Crippen LogP contribution in [0.1, 0.15) is 0 Å². The molecule has 0 bridgehead atoms. The molecule has 0 aromatic carbocycles. The molecular weight excluding hydrogens is 128 g/mol. The minimum absolute atomic E-state index is 0.0721. The van der Waals surface area contributed by atoms with Crippen molar-refractivity contribution < 1.29 is 5.11 Å². The van der Waals surface area contributed by atoms with E-state index < -0.39 is 0 Å². The van der Waals surface area contributed by atoms with Crippen molar-refractivity contribution in [3.63, 3.8) is 0 Å². The number of allylic oxidation sites excluding steroid dienone is 2. The highest BCUT2D eigenvalue weighted by molar-refractivity contribution is 5.11. The van der Waals surface area contributed by atoms with Crippen molar-refractivity contribution in [3.05, 3.63) is 24.4 Å². The fraction of sp³-hybridized carbons (Fsp3) is 0.429. The number of β-amino-alcohol motifs (C(OH)–C–C–N with tert-alkyl or cyclic N) is 1. The van der Waals surface area contributed by atoms with Gasteiger partial charge in [0.15, 0.2) is 0 Å². The van der Waals surface area contributed by atoms with Gasteiger partial charge in [0.1, 0.15) is 0 Å². The molecule has 0 aromatic heterocycles. The van der Waals surface area contributed by atoms with Crippen LogP contribution in [0.2, 0.25) is 0 Å². The van der Waals surface area contributed by atoms with Crippen molar-refractivity contribution in [2.45, 2.75) is 6.17 Å². The van der Waals surface area contributed by atoms with E-state index in [1.165, 1.54) is 0 Å². The third-order valence-electron chi connectivity index (χ3n) is 1.44. The summed E-state index contributed by atoms with van der Waals surface area (Å²) in [6.07, 6.45) is 7.49. The van der Waals surface area contributed by atoms with Gasteiger partial charge in [0.2, 0.25) is 0 Å². The van der Waals surface area contributed by atoms with Crippen molar-refractivity contribution in [2.24, 2.45) is 5.73 Å². The molecule has 0 spiro atoms. The van der Waals surface area contributed by atoms with E-state index in [9.17, 15) is 0 Å². The molecule has 0 radical (unpaired) electrons. The van der Waals surface area contributed by atoms with Gasteiger partial charge in [0.05, 0.1) is 12.8 Å². The van der Waals surface area contributed by atoms with Gasteiger partial charge in [-0.05, 0) is 12.2 Å². The lowest BCUT2D eigenvalue weighted by atomic mass is 10.3. The van der Waals surface area contributed by atoms with Crippen LogP contribution >= 0.6 is 0 Å². The van der Waals surface area contributed by atoms with Crippen LogP contribution in [0.3, 0.4) is 0 Å². The topological polar surface area (TPSA) is 49.5 Å². The summed E-state index contributed by atoms with van der Waals surface area (Å²) in [6.45, 7) is 0.744. The zero-order valence-corrected chi connectivity index (χ0v) is 5.77. The summed E-state index contributed by atoms with van der Waals surface area (Å²) in [5.74, 6) is 0. The number of hydrogen-bond acceptors (Lipinski definition) is 3. The number of nitrogens with zero attached hydrogens (tertiary/aromatic N) is 1. The quantitative estimate of drug-likeness (QED) is 0.551. The average Bonchev–Trinajstić information content (AvgIpc) is 1.94. The molecule has 0 fully saturated rings. The molecule has 0 aromatic rings. The second-order valence-corrected chi connectivity index (χ2v) is 2.18. The van der Waals surface area contributed by atoms with Crippen LogP contribution in [-0.2, 0) is 0 Å². The van der Waals surface area contributed by atoms with Gasteiger partial charge >= 0.3 is 0 Å². The van der Waals surface area contributed by atoms with E-state index >= 15 is 0 Å². The van der Waals surface area contributed by atoms with Crippen LogP contribution in [0.15, 0.2) is 24.4 Å². The van der Waals surface area contributed by atoms with Gasteiger partial charge in [-0.3, -0.25) is 0 Å². The second-order valence-electron chi connectivity index (χ2n) is 2.18. The summed E-state index contributed by atoms with van der Waals surface area (Å²) < 4.78 is 0. The molecule has 0 amide bonds. The maximum absolute atomic E-state index is 8.58. The Morgan fingerprint density at radius 2 is 2.30 bits per heavy atom. The van der Waals surface area contributed by atoms with E-state index in [-0.39, 0.29) is 12.8 Å². The molecule has 10 heavy (non-hydrogen) atoms. The van der Waals surface area contributed by atoms with Gasteiger partial charge in [0, 0.05) is 12.7 Å². The van der Waals surface area contributed by atoms with Gasteiger partial charge in [0.25, 0.3) is 0 Å². The monoisotopic (exact) mass is 140 g/mol. The van der Waals surface area contributed by atoms with Crippen molar-refractivity contribution >= 4 is 0 Å². The maximum atomic E-state index is 8.58. The lowest BCUT2D eigenvalue weighted by Gasteiger charge is -2.25. The number of rotatable bonds is 2. The van der Waals surface area contributed by atoms with Crippen molar-refractivity contribution in [3.8, 4) is 0 Å². The molecule has 0 saturated heterocycles. The summed E-state index contributed by atoms with van der Waals surface area (Å²) in [7, 11) is 0. The van der Waals surface area contributed by atoms with E-state index in [1.807, 2.05) is 29.3 Å². The van der Waals surface area contributed by atoms with Gasteiger partial charge < -0.3 is 15.7 Å². The van der Waals surface area contributed by atoms with E-state index in [0.717, 1.165) is 0 Å². The Labute approximate surface area is 60.4 Å². The second kappa shape index (κ2) is 3.39. The molecule has 1 rings (SSSR count). The first kappa shape index (κ1) is 7.31. The van der Waals surface area contributed by atoms with Crippen molar-refractivity contribution in [2.75, 3.05) is 13.2 Å². The van der Waals surface area contributed by atoms with Crippen LogP contribution < -0.4 is 5.73 Å². The summed E-state index contributed by atoms with van der Waals surface area (Å²) in [6, 6.07) is 0. The molecule has 1 aliphatic rings. The zero-order chi connectivity index (χ0) is 7.40. The molecule has 1 atom stereocenters. The standard InChI is InChI=1S/C7H12N2O/c8-7-3-1-2-4-9(7)5-6-10/h1-4,7,10H,5-6,8H2. The fourth-order valence-corrected chi connectivity index (χ4v) is 0.887. The first-order chi connectivity index (χ1) is 4.84. The summed E-state index contributed by atoms with van der Waals surface area (Å²) >= 11 is 0. The Kier molecular flexibility index (Phi) is 2.48. The van der Waals surface area contributed by atoms with Gasteiger partial charge in [-0.25, -0.2) is 0 Å². The number of aliphatic hydroxyl groups is 1. The summed E-state index contributed by atoms with van der Waals surface area (Å²) in [5, 5.41) is 8.58. The number of hydrogen-bond donors (Lipinski definition) is 2. The van der Waals surface area contributed by atoms with E-state index in [4.69, 9.17) is 10.8 Å². The first-order valence-corrected chi connectivity index (χ1v) is 3.32. The predicted octanol–water partition coefficient (Wildman–Crippen LogP) is -0.351. The third kappa shape index (κ3) is 1.59. The SMILES string of the molecule is NC1C=CC=CN1CCO. The number of nitrogens with two attached hydrogens (primary N) is 1. The Bertz CT molecular complexity index is 154. The highest BCUT2D eigenvalue weighted by Crippen LogP contribution is 2.01. The molecular formula is C7H12N2O. The summed E-state index contributed by atoms with van der Waals surface area (Å²) in [4.78, 5) is 1.88. The van der Waals surface area contributed by atoms with Gasteiger partial charge in [-0.2, -0.15) is 0 Å². The third-order valence-corrected chi connectivity index (χ3v) is 1.44. The minimum Gasteiger partial charge on any atom is -0.395 e. The average molecular weight is 140 g/mol. The molecule has 3 nitrogen and oxygen atoms in total. The lowest BCUT2D eigenvalue weighted by Crippen LogP contribution is -2.39. The smallest absolute Gasteiger partial charge is 0.0960 e. The predicted molar refractivity (Wildman–Crippen MR) is 40.0 cm³/mol. The minimum atomic E-state index is -0.0721. The van der Waals surface area contributed by atoms with Crippen LogP contribution in [-0.4, -0.2) is 29.3 Å². The molecule has 0 aliphatic carbocycles. The molecule has 3 N–H and O–H groups in total. The Morgan fingerprint density at radius 1 is 1.50 bits per heavy atom. The number of aliphatic hydroxyl groups excluding tert-OH is 1. The lowest BCUT2D eigenvalue weighted by molar-refractivity contribution is 0.218. The Balaban J connectivity index is 2.44. The van der Waals surface area contributed by atoms with Crippen LogP contribution in [0.25, 0.3) is 0 Å². The van der Waals surface area contributed by atoms with E-state index in [1.54, 1.807) is 0 Å². The Hall–Kier alpha value is -0.800. The van der Waals surface area contributed by atoms with E-state index in [2.05, 4.69) is 0 Å².